The third kappa shape index (κ3) is 6.13. The first kappa shape index (κ1) is 24.1. The summed E-state index contributed by atoms with van der Waals surface area (Å²) in [5.74, 6) is -0.0111. The second-order valence-corrected chi connectivity index (χ2v) is 7.98. The summed E-state index contributed by atoms with van der Waals surface area (Å²) in [6.07, 6.45) is 13.9. The number of rotatable bonds is 11. The number of hydrogen-bond donors (Lipinski definition) is 0. The molecule has 2 aromatic rings. The second-order valence-electron chi connectivity index (χ2n) is 7.98. The molecule has 0 amide bonds. The van der Waals surface area contributed by atoms with Crippen LogP contribution in [0.5, 0.6) is 0 Å². The quantitative estimate of drug-likeness (QED) is 0.280. The Morgan fingerprint density at radius 3 is 1.72 bits per heavy atom. The Bertz CT molecular complexity index is 825. The molecule has 2 aromatic carbocycles. The van der Waals surface area contributed by atoms with Crippen molar-refractivity contribution in [2.45, 2.75) is 77.6 Å². The molecule has 0 unspecified atom stereocenters. The molecule has 0 bridgehead atoms. The Balaban J connectivity index is 0.00000300. The summed E-state index contributed by atoms with van der Waals surface area (Å²) in [5.41, 5.74) is 3.34. The minimum atomic E-state index is -0.0184. The maximum absolute atomic E-state index is 13.0. The van der Waals surface area contributed by atoms with Gasteiger partial charge in [0.2, 0.25) is 0 Å². The van der Waals surface area contributed by atoms with Gasteiger partial charge in [0, 0.05) is 22.3 Å². The van der Waals surface area contributed by atoms with Crippen molar-refractivity contribution in [2.75, 3.05) is 0 Å². The van der Waals surface area contributed by atoms with E-state index in [1.807, 2.05) is 24.3 Å². The summed E-state index contributed by atoms with van der Waals surface area (Å²) < 4.78 is 0. The van der Waals surface area contributed by atoms with Crippen LogP contribution in [-0.4, -0.2) is 41.1 Å². The normalized spacial score (nSPS) is 12.3. The van der Waals surface area contributed by atoms with Crippen LogP contribution in [0, 0.1) is 0 Å². The summed E-state index contributed by atoms with van der Waals surface area (Å²) in [7, 11) is 0. The molecule has 1 aliphatic carbocycles. The maximum atomic E-state index is 13.0. The molecule has 0 radical (unpaired) electrons. The van der Waals surface area contributed by atoms with Crippen molar-refractivity contribution < 1.29 is 9.59 Å². The third-order valence-corrected chi connectivity index (χ3v) is 5.84. The average Bonchev–Trinajstić information content (AvgIpc) is 2.73. The number of benzene rings is 2. The van der Waals surface area contributed by atoms with Crippen molar-refractivity contribution in [3.63, 3.8) is 0 Å². The van der Waals surface area contributed by atoms with Gasteiger partial charge in [-0.3, -0.25) is 9.59 Å². The topological polar surface area (TPSA) is 34.1 Å². The molecule has 0 N–H and O–H groups in total. The van der Waals surface area contributed by atoms with Gasteiger partial charge in [-0.05, 0) is 18.4 Å². The van der Waals surface area contributed by atoms with Crippen LogP contribution in [0.2, 0.25) is 0 Å². The molecule has 3 heteroatoms. The van der Waals surface area contributed by atoms with E-state index in [9.17, 15) is 9.59 Å². The van der Waals surface area contributed by atoms with Gasteiger partial charge in [0.1, 0.15) is 0 Å². The van der Waals surface area contributed by atoms with E-state index < -0.39 is 0 Å². The summed E-state index contributed by atoms with van der Waals surface area (Å²) in [5, 5.41) is 0. The van der Waals surface area contributed by atoms with E-state index in [0.717, 1.165) is 18.4 Å². The standard InChI is InChI=1S/C26H32O2.Na.H/c1-2-3-4-5-6-7-8-9-10-11-15-20-16-14-19-23-24(20)26(28)22-18-13-12-17-21(22)25(23)27;;/h12-14,16-19H,2-11,15H2,1H3;;. The number of ketones is 2. The van der Waals surface area contributed by atoms with E-state index in [0.29, 0.717) is 22.3 Å². The van der Waals surface area contributed by atoms with Crippen molar-refractivity contribution in [2.24, 2.45) is 0 Å². The van der Waals surface area contributed by atoms with E-state index in [1.54, 1.807) is 18.2 Å². The summed E-state index contributed by atoms with van der Waals surface area (Å²) in [4.78, 5) is 25.8. The first-order valence-corrected chi connectivity index (χ1v) is 11.0. The molecule has 0 spiro atoms. The summed E-state index contributed by atoms with van der Waals surface area (Å²) in [6.45, 7) is 2.26. The van der Waals surface area contributed by atoms with Gasteiger partial charge in [0.15, 0.2) is 11.6 Å². The molecular weight excluding hydrogens is 367 g/mol. The Morgan fingerprint density at radius 1 is 0.586 bits per heavy atom. The Morgan fingerprint density at radius 2 is 1.10 bits per heavy atom. The summed E-state index contributed by atoms with van der Waals surface area (Å²) in [6, 6.07) is 12.9. The molecule has 0 saturated heterocycles. The number of carbonyl (C=O) groups is 2. The fraction of sp³-hybridized carbons (Fsp3) is 0.462. The van der Waals surface area contributed by atoms with Gasteiger partial charge < -0.3 is 0 Å². The first-order valence-electron chi connectivity index (χ1n) is 11.0. The fourth-order valence-electron chi connectivity index (χ4n) is 4.23. The van der Waals surface area contributed by atoms with Crippen LogP contribution in [0.3, 0.4) is 0 Å². The Hall–Kier alpha value is -1.22. The van der Waals surface area contributed by atoms with E-state index in [2.05, 4.69) is 6.92 Å². The van der Waals surface area contributed by atoms with E-state index in [-0.39, 0.29) is 41.1 Å². The van der Waals surface area contributed by atoms with Gasteiger partial charge in [0.05, 0.1) is 0 Å². The van der Waals surface area contributed by atoms with Crippen molar-refractivity contribution in [3.8, 4) is 0 Å². The van der Waals surface area contributed by atoms with Gasteiger partial charge in [-0.1, -0.05) is 107 Å². The molecule has 0 atom stereocenters. The molecule has 0 aliphatic heterocycles. The average molecular weight is 401 g/mol. The van der Waals surface area contributed by atoms with Crippen molar-refractivity contribution in [1.82, 2.24) is 0 Å². The Kier molecular flexibility index (Phi) is 10.3. The van der Waals surface area contributed by atoms with Gasteiger partial charge in [-0.15, -0.1) is 0 Å². The van der Waals surface area contributed by atoms with E-state index >= 15 is 0 Å². The van der Waals surface area contributed by atoms with Crippen LogP contribution in [0.4, 0.5) is 0 Å². The van der Waals surface area contributed by atoms with Crippen molar-refractivity contribution in [1.29, 1.82) is 0 Å². The predicted octanol–water partition coefficient (Wildman–Crippen LogP) is 6.28. The number of fused-ring (bicyclic) bond motifs is 2. The van der Waals surface area contributed by atoms with E-state index in [1.165, 1.54) is 57.8 Å². The molecule has 0 heterocycles. The Labute approximate surface area is 197 Å². The monoisotopic (exact) mass is 400 g/mol. The molecule has 0 saturated carbocycles. The third-order valence-electron chi connectivity index (χ3n) is 5.84. The second kappa shape index (κ2) is 12.5. The minimum absolute atomic E-state index is 0. The zero-order valence-electron chi connectivity index (χ0n) is 17.1. The molecule has 1 aliphatic rings. The molecule has 0 aromatic heterocycles. The molecule has 3 rings (SSSR count). The number of hydrogen-bond acceptors (Lipinski definition) is 2. The SMILES string of the molecule is CCCCCCCCCCCCc1cccc2c1C(=O)c1ccccc1C2=O.[NaH]. The zero-order chi connectivity index (χ0) is 19.8. The number of unbranched alkanes of at least 4 members (excludes halogenated alkanes) is 9. The van der Waals surface area contributed by atoms with Crippen molar-refractivity contribution in [3.05, 3.63) is 70.3 Å². The van der Waals surface area contributed by atoms with Crippen LogP contribution in [0.25, 0.3) is 0 Å². The van der Waals surface area contributed by atoms with Crippen LogP contribution in [0.15, 0.2) is 42.5 Å². The molecule has 0 fully saturated rings. The van der Waals surface area contributed by atoms with Crippen LogP contribution in [0.1, 0.15) is 109 Å². The number of carbonyl (C=O) groups excluding carboxylic acids is 2. The first-order chi connectivity index (χ1) is 13.7. The molecule has 29 heavy (non-hydrogen) atoms. The van der Waals surface area contributed by atoms with Crippen molar-refractivity contribution >= 4 is 41.1 Å². The van der Waals surface area contributed by atoms with Crippen LogP contribution < -0.4 is 0 Å². The zero-order valence-corrected chi connectivity index (χ0v) is 17.1. The fourth-order valence-corrected chi connectivity index (χ4v) is 4.23. The van der Waals surface area contributed by atoms with Gasteiger partial charge in [-0.25, -0.2) is 0 Å². The summed E-state index contributed by atoms with van der Waals surface area (Å²) >= 11 is 0. The van der Waals surface area contributed by atoms with Gasteiger partial charge in [-0.2, -0.15) is 0 Å². The van der Waals surface area contributed by atoms with Gasteiger partial charge in [0.25, 0.3) is 0 Å². The molecular formula is C26H33NaO2. The van der Waals surface area contributed by atoms with E-state index in [4.69, 9.17) is 0 Å². The molecule has 2 nitrogen and oxygen atoms in total. The predicted molar refractivity (Wildman–Crippen MR) is 122 cm³/mol. The van der Waals surface area contributed by atoms with Crippen LogP contribution in [-0.2, 0) is 6.42 Å². The molecule has 150 valence electrons. The number of aryl methyl sites for hydroxylation is 1. The van der Waals surface area contributed by atoms with Crippen LogP contribution >= 0.6 is 0 Å². The van der Waals surface area contributed by atoms with Gasteiger partial charge >= 0.3 is 29.6 Å².